The predicted octanol–water partition coefficient (Wildman–Crippen LogP) is 4.02. The smallest absolute Gasteiger partial charge is 0.305 e. The average molecular weight is 447 g/mol. The highest BCUT2D eigenvalue weighted by Gasteiger charge is 2.56. The summed E-state index contributed by atoms with van der Waals surface area (Å²) in [5.74, 6) is -2.26. The lowest BCUT2D eigenvalue weighted by molar-refractivity contribution is -0.122. The lowest BCUT2D eigenvalue weighted by Crippen LogP contribution is -2.32. The topological polar surface area (TPSA) is 70.2 Å². The maximum atomic E-state index is 13.5. The molecular formula is C20H12ClFN2O3S2. The molecule has 29 heavy (non-hydrogen) atoms. The van der Waals surface area contributed by atoms with E-state index in [0.717, 1.165) is 11.3 Å². The molecule has 9 heteroatoms. The number of nitrogens with one attached hydrogen (secondary N) is 1. The minimum absolute atomic E-state index is 0.246. The summed E-state index contributed by atoms with van der Waals surface area (Å²) in [6.45, 7) is 0. The van der Waals surface area contributed by atoms with Crippen LogP contribution in [0.4, 0.5) is 10.1 Å². The normalized spacial score (nSPS) is 23.2. The summed E-state index contributed by atoms with van der Waals surface area (Å²) in [6.07, 6.45) is 0. The number of thiazole rings is 1. The minimum Gasteiger partial charge on any atom is -0.307 e. The van der Waals surface area contributed by atoms with Gasteiger partial charge < -0.3 is 4.98 Å². The molecule has 0 bridgehead atoms. The monoisotopic (exact) mass is 446 g/mol. The van der Waals surface area contributed by atoms with Crippen LogP contribution < -0.4 is 9.77 Å². The molecule has 1 aromatic heterocycles. The largest absolute Gasteiger partial charge is 0.307 e. The molecule has 2 aromatic carbocycles. The number of rotatable bonds is 2. The molecule has 0 aliphatic carbocycles. The Morgan fingerprint density at radius 2 is 1.66 bits per heavy atom. The summed E-state index contributed by atoms with van der Waals surface area (Å²) in [5.41, 5.74) is 1.14. The number of H-pyrrole nitrogens is 1. The fourth-order valence-corrected chi connectivity index (χ4v) is 6.53. The van der Waals surface area contributed by atoms with E-state index in [1.807, 2.05) is 0 Å². The Kier molecular flexibility index (Phi) is 4.38. The van der Waals surface area contributed by atoms with E-state index in [0.29, 0.717) is 26.2 Å². The van der Waals surface area contributed by atoms with Crippen molar-refractivity contribution in [2.24, 2.45) is 5.92 Å². The van der Waals surface area contributed by atoms with Crippen LogP contribution in [0.5, 0.6) is 0 Å². The number of hydrogen-bond donors (Lipinski definition) is 1. The van der Waals surface area contributed by atoms with Gasteiger partial charge in [-0.2, -0.15) is 0 Å². The SMILES string of the molecule is O=C1[C@H]2[C@H](c3ccc(F)cc3)c3sc(=O)[nH]c3S[C@H]2C(=O)N1c1ccc(Cl)cc1. The molecule has 0 unspecified atom stereocenters. The van der Waals surface area contributed by atoms with E-state index >= 15 is 0 Å². The van der Waals surface area contributed by atoms with Crippen LogP contribution in [0.25, 0.3) is 0 Å². The van der Waals surface area contributed by atoms with Gasteiger partial charge in [0.2, 0.25) is 11.8 Å². The molecule has 146 valence electrons. The first kappa shape index (κ1) is 18.6. The zero-order chi connectivity index (χ0) is 20.3. The number of aromatic amines is 1. The Bertz CT molecular complexity index is 1190. The van der Waals surface area contributed by atoms with Crippen molar-refractivity contribution in [2.45, 2.75) is 16.2 Å². The number of imide groups is 1. The summed E-state index contributed by atoms with van der Waals surface area (Å²) in [7, 11) is 0. The van der Waals surface area contributed by atoms with Gasteiger partial charge in [-0.15, -0.1) is 0 Å². The highest BCUT2D eigenvalue weighted by atomic mass is 35.5. The molecule has 3 aromatic rings. The van der Waals surface area contributed by atoms with E-state index in [9.17, 15) is 18.8 Å². The second-order valence-electron chi connectivity index (χ2n) is 6.79. The Morgan fingerprint density at radius 3 is 2.34 bits per heavy atom. The van der Waals surface area contributed by atoms with E-state index in [4.69, 9.17) is 11.6 Å². The van der Waals surface area contributed by atoms with E-state index in [1.54, 1.807) is 36.4 Å². The Hall–Kier alpha value is -2.42. The number of anilines is 1. The molecule has 1 saturated heterocycles. The second kappa shape index (κ2) is 6.83. The maximum Gasteiger partial charge on any atom is 0.305 e. The first-order valence-electron chi connectivity index (χ1n) is 8.72. The fourth-order valence-electron chi connectivity index (χ4n) is 3.89. The van der Waals surface area contributed by atoms with Crippen LogP contribution in [0, 0.1) is 11.7 Å². The van der Waals surface area contributed by atoms with Gasteiger partial charge in [-0.05, 0) is 42.0 Å². The summed E-state index contributed by atoms with van der Waals surface area (Å²) >= 11 is 8.16. The third kappa shape index (κ3) is 2.94. The van der Waals surface area contributed by atoms with Crippen LogP contribution in [0.3, 0.4) is 0 Å². The molecule has 1 N–H and O–H groups in total. The number of carbonyl (C=O) groups excluding carboxylic acids is 2. The van der Waals surface area contributed by atoms with Crippen LogP contribution in [-0.4, -0.2) is 22.0 Å². The van der Waals surface area contributed by atoms with E-state index < -0.39 is 22.9 Å². The fraction of sp³-hybridized carbons (Fsp3) is 0.150. The molecular weight excluding hydrogens is 435 g/mol. The van der Waals surface area contributed by atoms with E-state index in [-0.39, 0.29) is 16.7 Å². The lowest BCUT2D eigenvalue weighted by atomic mass is 9.83. The molecule has 2 aliphatic heterocycles. The number of nitrogens with zero attached hydrogens (tertiary/aromatic N) is 1. The molecule has 0 spiro atoms. The van der Waals surface area contributed by atoms with Gasteiger partial charge in [0.05, 0.1) is 16.6 Å². The van der Waals surface area contributed by atoms with Gasteiger partial charge >= 0.3 is 4.87 Å². The van der Waals surface area contributed by atoms with Crippen molar-refractivity contribution in [1.82, 2.24) is 4.98 Å². The molecule has 5 rings (SSSR count). The van der Waals surface area contributed by atoms with Crippen molar-refractivity contribution in [3.8, 4) is 0 Å². The number of amides is 2. The number of aromatic nitrogens is 1. The minimum atomic E-state index is -0.687. The van der Waals surface area contributed by atoms with Crippen LogP contribution in [0.15, 0.2) is 58.4 Å². The first-order valence-corrected chi connectivity index (χ1v) is 10.8. The molecule has 3 heterocycles. The van der Waals surface area contributed by atoms with Crippen LogP contribution in [-0.2, 0) is 9.59 Å². The van der Waals surface area contributed by atoms with Crippen molar-refractivity contribution in [2.75, 3.05) is 4.90 Å². The first-order chi connectivity index (χ1) is 13.9. The number of carbonyl (C=O) groups is 2. The van der Waals surface area contributed by atoms with Crippen molar-refractivity contribution in [3.05, 3.63) is 79.5 Å². The van der Waals surface area contributed by atoms with E-state index in [2.05, 4.69) is 4.98 Å². The highest BCUT2D eigenvalue weighted by molar-refractivity contribution is 8.00. The Labute approximate surface area is 177 Å². The van der Waals surface area contributed by atoms with Gasteiger partial charge in [-0.25, -0.2) is 9.29 Å². The summed E-state index contributed by atoms with van der Waals surface area (Å²) in [4.78, 5) is 43.0. The van der Waals surface area contributed by atoms with Gasteiger partial charge in [0, 0.05) is 15.8 Å². The summed E-state index contributed by atoms with van der Waals surface area (Å²) in [6, 6.07) is 12.3. The summed E-state index contributed by atoms with van der Waals surface area (Å²) < 4.78 is 13.5. The molecule has 2 amide bonds. The van der Waals surface area contributed by atoms with Gasteiger partial charge in [0.25, 0.3) is 0 Å². The van der Waals surface area contributed by atoms with Crippen LogP contribution in [0.1, 0.15) is 16.4 Å². The zero-order valence-electron chi connectivity index (χ0n) is 14.6. The lowest BCUT2D eigenvalue weighted by Gasteiger charge is -2.29. The number of benzene rings is 2. The second-order valence-corrected chi connectivity index (χ2v) is 9.39. The number of fused-ring (bicyclic) bond motifs is 2. The van der Waals surface area contributed by atoms with Crippen molar-refractivity contribution < 1.29 is 14.0 Å². The zero-order valence-corrected chi connectivity index (χ0v) is 17.0. The van der Waals surface area contributed by atoms with Gasteiger partial charge in [-0.1, -0.05) is 46.8 Å². The average Bonchev–Trinajstić information content (AvgIpc) is 3.19. The third-order valence-electron chi connectivity index (χ3n) is 5.14. The van der Waals surface area contributed by atoms with Crippen LogP contribution >= 0.6 is 34.7 Å². The van der Waals surface area contributed by atoms with E-state index in [1.165, 1.54) is 28.8 Å². The quantitative estimate of drug-likeness (QED) is 0.603. The number of hydrogen-bond acceptors (Lipinski definition) is 5. The van der Waals surface area contributed by atoms with Crippen molar-refractivity contribution in [1.29, 1.82) is 0 Å². The number of thioether (sulfide) groups is 1. The van der Waals surface area contributed by atoms with Gasteiger partial charge in [0.1, 0.15) is 11.1 Å². The molecule has 0 radical (unpaired) electrons. The Balaban J connectivity index is 1.64. The number of halogens is 2. The molecule has 5 nitrogen and oxygen atoms in total. The molecule has 2 aliphatic rings. The molecule has 1 fully saturated rings. The maximum absolute atomic E-state index is 13.5. The molecule has 3 atom stereocenters. The van der Waals surface area contributed by atoms with Crippen LogP contribution in [0.2, 0.25) is 5.02 Å². The third-order valence-corrected chi connectivity index (χ3v) is 7.79. The summed E-state index contributed by atoms with van der Waals surface area (Å²) in [5, 5.41) is 0.421. The molecule has 0 saturated carbocycles. The Morgan fingerprint density at radius 1 is 0.966 bits per heavy atom. The van der Waals surface area contributed by atoms with Crippen molar-refractivity contribution >= 4 is 52.2 Å². The van der Waals surface area contributed by atoms with Gasteiger partial charge in [0.15, 0.2) is 0 Å². The standard InChI is InChI=1S/C20H12ClFN2O3S2/c21-10-3-7-12(8-4-10)24-18(25)14-13(9-1-5-11(22)6-2-9)15-17(23-20(27)29-15)28-16(14)19(24)26/h1-8,13-14,16H,(H,23,27)/t13-,14-,16+/m0/s1. The highest BCUT2D eigenvalue weighted by Crippen LogP contribution is 2.53. The van der Waals surface area contributed by atoms with Crippen molar-refractivity contribution in [3.63, 3.8) is 0 Å². The van der Waals surface area contributed by atoms with Gasteiger partial charge in [-0.3, -0.25) is 14.4 Å². The predicted molar refractivity (Wildman–Crippen MR) is 110 cm³/mol.